The average Bonchev–Trinajstić information content (AvgIpc) is 3.02. The molecule has 1 aliphatic heterocycles. The number of piperidine rings is 1. The molecule has 1 N–H and O–H groups in total. The highest BCUT2D eigenvalue weighted by Gasteiger charge is 2.22. The Labute approximate surface area is 108 Å². The Kier molecular flexibility index (Phi) is 3.19. The Bertz CT molecular complexity index is 486. The molecule has 2 aromatic rings. The molecular weight excluding hydrogens is 224 g/mol. The van der Waals surface area contributed by atoms with E-state index in [1.807, 2.05) is 6.20 Å². The molecule has 1 aliphatic rings. The molecule has 3 heterocycles. The zero-order chi connectivity index (χ0) is 12.4. The van der Waals surface area contributed by atoms with Crippen LogP contribution in [0.25, 0.3) is 0 Å². The molecule has 0 amide bonds. The maximum absolute atomic E-state index is 4.06. The van der Waals surface area contributed by atoms with Crippen molar-refractivity contribution in [2.24, 2.45) is 7.05 Å². The van der Waals surface area contributed by atoms with Crippen LogP contribution >= 0.6 is 0 Å². The minimum atomic E-state index is 0.613. The fourth-order valence-corrected chi connectivity index (χ4v) is 2.84. The van der Waals surface area contributed by atoms with Gasteiger partial charge >= 0.3 is 0 Å². The molecule has 1 saturated heterocycles. The van der Waals surface area contributed by atoms with Gasteiger partial charge in [0.1, 0.15) is 0 Å². The SMILES string of the molecule is Cn1cccc1CN1CCCC(c2ccn[nH]2)C1. The van der Waals surface area contributed by atoms with E-state index in [1.165, 1.54) is 30.8 Å². The summed E-state index contributed by atoms with van der Waals surface area (Å²) in [5.74, 6) is 0.613. The first-order chi connectivity index (χ1) is 8.83. The van der Waals surface area contributed by atoms with Crippen molar-refractivity contribution in [3.05, 3.63) is 42.0 Å². The van der Waals surface area contributed by atoms with Crippen LogP contribution in [0.2, 0.25) is 0 Å². The van der Waals surface area contributed by atoms with Crippen molar-refractivity contribution in [1.82, 2.24) is 19.7 Å². The summed E-state index contributed by atoms with van der Waals surface area (Å²) in [4.78, 5) is 2.55. The average molecular weight is 244 g/mol. The molecular formula is C14H20N4. The number of hydrogen-bond acceptors (Lipinski definition) is 2. The van der Waals surface area contributed by atoms with E-state index in [2.05, 4.69) is 51.1 Å². The lowest BCUT2D eigenvalue weighted by molar-refractivity contribution is 0.195. The minimum Gasteiger partial charge on any atom is -0.353 e. The second kappa shape index (κ2) is 4.98. The van der Waals surface area contributed by atoms with Gasteiger partial charge in [-0.2, -0.15) is 5.10 Å². The molecule has 18 heavy (non-hydrogen) atoms. The molecule has 4 heteroatoms. The zero-order valence-corrected chi connectivity index (χ0v) is 10.8. The van der Waals surface area contributed by atoms with E-state index < -0.39 is 0 Å². The molecule has 2 aromatic heterocycles. The highest BCUT2D eigenvalue weighted by molar-refractivity contribution is 5.10. The number of nitrogens with one attached hydrogen (secondary N) is 1. The molecule has 3 rings (SSSR count). The Morgan fingerprint density at radius 3 is 3.11 bits per heavy atom. The smallest absolute Gasteiger partial charge is 0.0490 e. The minimum absolute atomic E-state index is 0.613. The van der Waals surface area contributed by atoms with Crippen LogP contribution in [0.3, 0.4) is 0 Å². The van der Waals surface area contributed by atoms with E-state index in [1.54, 1.807) is 0 Å². The van der Waals surface area contributed by atoms with Crippen molar-refractivity contribution in [3.63, 3.8) is 0 Å². The topological polar surface area (TPSA) is 36.9 Å². The summed E-state index contributed by atoms with van der Waals surface area (Å²) in [6, 6.07) is 6.43. The Hall–Kier alpha value is -1.55. The van der Waals surface area contributed by atoms with Crippen molar-refractivity contribution < 1.29 is 0 Å². The van der Waals surface area contributed by atoms with Gasteiger partial charge in [-0.1, -0.05) is 0 Å². The van der Waals surface area contributed by atoms with Gasteiger partial charge in [-0.05, 0) is 37.6 Å². The summed E-state index contributed by atoms with van der Waals surface area (Å²) in [6.45, 7) is 3.39. The number of rotatable bonds is 3. The fourth-order valence-electron chi connectivity index (χ4n) is 2.84. The van der Waals surface area contributed by atoms with Crippen LogP contribution in [0.4, 0.5) is 0 Å². The highest BCUT2D eigenvalue weighted by atomic mass is 15.2. The first kappa shape index (κ1) is 11.5. The van der Waals surface area contributed by atoms with Gasteiger partial charge in [0.05, 0.1) is 0 Å². The molecule has 1 fully saturated rings. The predicted octanol–water partition coefficient (Wildman–Crippen LogP) is 2.13. The van der Waals surface area contributed by atoms with Crippen molar-refractivity contribution >= 4 is 0 Å². The molecule has 1 atom stereocenters. The molecule has 4 nitrogen and oxygen atoms in total. The van der Waals surface area contributed by atoms with Gasteiger partial charge in [0, 0.05) is 49.8 Å². The lowest BCUT2D eigenvalue weighted by Gasteiger charge is -2.32. The van der Waals surface area contributed by atoms with E-state index >= 15 is 0 Å². The van der Waals surface area contributed by atoms with Crippen molar-refractivity contribution in [2.45, 2.75) is 25.3 Å². The number of likely N-dealkylation sites (tertiary alicyclic amines) is 1. The van der Waals surface area contributed by atoms with Gasteiger partial charge < -0.3 is 4.57 Å². The van der Waals surface area contributed by atoms with Crippen molar-refractivity contribution in [2.75, 3.05) is 13.1 Å². The molecule has 1 unspecified atom stereocenters. The van der Waals surface area contributed by atoms with Gasteiger partial charge in [-0.15, -0.1) is 0 Å². The molecule has 0 spiro atoms. The molecule has 96 valence electrons. The second-order valence-electron chi connectivity index (χ2n) is 5.20. The fraction of sp³-hybridized carbons (Fsp3) is 0.500. The van der Waals surface area contributed by atoms with Gasteiger partial charge in [0.2, 0.25) is 0 Å². The lowest BCUT2D eigenvalue weighted by Crippen LogP contribution is -2.34. The lowest BCUT2D eigenvalue weighted by atomic mass is 9.95. The Morgan fingerprint density at radius 1 is 1.44 bits per heavy atom. The van der Waals surface area contributed by atoms with E-state index in [9.17, 15) is 0 Å². The van der Waals surface area contributed by atoms with Gasteiger partial charge in [-0.3, -0.25) is 10.00 Å². The second-order valence-corrected chi connectivity index (χ2v) is 5.20. The third-order valence-corrected chi connectivity index (χ3v) is 3.90. The van der Waals surface area contributed by atoms with Gasteiger partial charge in [0.25, 0.3) is 0 Å². The number of aromatic amines is 1. The zero-order valence-electron chi connectivity index (χ0n) is 10.8. The number of aryl methyl sites for hydroxylation is 1. The number of H-pyrrole nitrogens is 1. The van der Waals surface area contributed by atoms with Crippen LogP contribution in [0.5, 0.6) is 0 Å². The number of aromatic nitrogens is 3. The molecule has 0 radical (unpaired) electrons. The molecule has 0 aliphatic carbocycles. The first-order valence-corrected chi connectivity index (χ1v) is 6.65. The standard InChI is InChI=1S/C14H20N4/c1-17-8-3-5-13(17)11-18-9-2-4-12(10-18)14-6-7-15-16-14/h3,5-8,12H,2,4,9-11H2,1H3,(H,15,16). The monoisotopic (exact) mass is 244 g/mol. The van der Waals surface area contributed by atoms with Gasteiger partial charge in [-0.25, -0.2) is 0 Å². The Morgan fingerprint density at radius 2 is 2.39 bits per heavy atom. The molecule has 0 saturated carbocycles. The maximum atomic E-state index is 4.06. The van der Waals surface area contributed by atoms with Crippen LogP contribution in [0.1, 0.15) is 30.1 Å². The van der Waals surface area contributed by atoms with Gasteiger partial charge in [0.15, 0.2) is 0 Å². The third kappa shape index (κ3) is 2.34. The van der Waals surface area contributed by atoms with Crippen molar-refractivity contribution in [1.29, 1.82) is 0 Å². The summed E-state index contributed by atoms with van der Waals surface area (Å²) in [6.07, 6.45) is 6.51. The van der Waals surface area contributed by atoms with Crippen LogP contribution in [-0.2, 0) is 13.6 Å². The van der Waals surface area contributed by atoms with E-state index in [4.69, 9.17) is 0 Å². The molecule has 0 bridgehead atoms. The summed E-state index contributed by atoms with van der Waals surface area (Å²) < 4.78 is 2.21. The number of nitrogens with zero attached hydrogens (tertiary/aromatic N) is 3. The normalized spacial score (nSPS) is 21.3. The maximum Gasteiger partial charge on any atom is 0.0490 e. The summed E-state index contributed by atoms with van der Waals surface area (Å²) in [5, 5.41) is 7.18. The van der Waals surface area contributed by atoms with E-state index in [-0.39, 0.29) is 0 Å². The van der Waals surface area contributed by atoms with Crippen LogP contribution < -0.4 is 0 Å². The van der Waals surface area contributed by atoms with Crippen LogP contribution in [0.15, 0.2) is 30.6 Å². The van der Waals surface area contributed by atoms with E-state index in [0.29, 0.717) is 5.92 Å². The highest BCUT2D eigenvalue weighted by Crippen LogP contribution is 2.26. The molecule has 0 aromatic carbocycles. The van der Waals surface area contributed by atoms with E-state index in [0.717, 1.165) is 13.1 Å². The largest absolute Gasteiger partial charge is 0.353 e. The summed E-state index contributed by atoms with van der Waals surface area (Å²) in [5.41, 5.74) is 2.67. The predicted molar refractivity (Wildman–Crippen MR) is 71.3 cm³/mol. The van der Waals surface area contributed by atoms with Crippen molar-refractivity contribution in [3.8, 4) is 0 Å². The van der Waals surface area contributed by atoms with Crippen LogP contribution in [0, 0.1) is 0 Å². The third-order valence-electron chi connectivity index (χ3n) is 3.90. The first-order valence-electron chi connectivity index (χ1n) is 6.65. The number of hydrogen-bond donors (Lipinski definition) is 1. The Balaban J connectivity index is 1.66. The summed E-state index contributed by atoms with van der Waals surface area (Å²) >= 11 is 0. The summed E-state index contributed by atoms with van der Waals surface area (Å²) in [7, 11) is 2.12. The quantitative estimate of drug-likeness (QED) is 0.898. The van der Waals surface area contributed by atoms with Crippen LogP contribution in [-0.4, -0.2) is 32.8 Å².